The molecular weight excluding hydrogens is 366 g/mol. The lowest BCUT2D eigenvalue weighted by Crippen LogP contribution is -2.45. The van der Waals surface area contributed by atoms with Crippen molar-refractivity contribution in [3.05, 3.63) is 29.3 Å². The summed E-state index contributed by atoms with van der Waals surface area (Å²) in [4.78, 5) is 29.6. The Kier molecular flexibility index (Phi) is 4.78. The number of hydrogen-bond donors (Lipinski definition) is 0. The van der Waals surface area contributed by atoms with Gasteiger partial charge in [-0.1, -0.05) is 11.6 Å². The average Bonchev–Trinajstić information content (AvgIpc) is 3.01. The average molecular weight is 386 g/mol. The predicted octanol–water partition coefficient (Wildman–Crippen LogP) is 1.57. The van der Waals surface area contributed by atoms with Crippen LogP contribution in [0.25, 0.3) is 0 Å². The molecule has 1 aromatic carbocycles. The minimum Gasteiger partial charge on any atom is -0.285 e. The molecule has 0 saturated carbocycles. The van der Waals surface area contributed by atoms with Gasteiger partial charge in [-0.3, -0.25) is 14.6 Å². The van der Waals surface area contributed by atoms with Crippen molar-refractivity contribution in [2.24, 2.45) is 0 Å². The predicted molar refractivity (Wildman–Crippen MR) is 95.3 cm³/mol. The number of amides is 3. The van der Waals surface area contributed by atoms with Crippen molar-refractivity contribution in [1.29, 1.82) is 0 Å². The van der Waals surface area contributed by atoms with Crippen LogP contribution in [0.2, 0.25) is 5.02 Å². The summed E-state index contributed by atoms with van der Waals surface area (Å²) in [6.07, 6.45) is 0.519. The van der Waals surface area contributed by atoms with Crippen molar-refractivity contribution in [2.75, 3.05) is 30.1 Å². The molecule has 7 nitrogen and oxygen atoms in total. The van der Waals surface area contributed by atoms with E-state index in [4.69, 9.17) is 11.6 Å². The molecule has 0 aromatic heterocycles. The molecule has 3 rings (SSSR count). The lowest BCUT2D eigenvalue weighted by atomic mass is 10.2. The topological polar surface area (TPSA) is 78.0 Å². The Labute approximate surface area is 152 Å². The van der Waals surface area contributed by atoms with Crippen molar-refractivity contribution in [3.8, 4) is 0 Å². The first-order valence-corrected chi connectivity index (χ1v) is 10.2. The van der Waals surface area contributed by atoms with Crippen molar-refractivity contribution in [3.63, 3.8) is 0 Å². The summed E-state index contributed by atoms with van der Waals surface area (Å²) < 4.78 is 23.3. The van der Waals surface area contributed by atoms with Gasteiger partial charge in [0.15, 0.2) is 9.84 Å². The molecule has 2 saturated heterocycles. The molecule has 2 heterocycles. The molecule has 0 radical (unpaired) electrons. The summed E-state index contributed by atoms with van der Waals surface area (Å²) in [6, 6.07) is 5.52. The first-order chi connectivity index (χ1) is 11.7. The molecule has 2 aliphatic heterocycles. The van der Waals surface area contributed by atoms with Crippen LogP contribution in [0.5, 0.6) is 0 Å². The highest BCUT2D eigenvalue weighted by atomic mass is 35.5. The molecule has 2 fully saturated rings. The number of rotatable bonds is 4. The second kappa shape index (κ2) is 6.59. The van der Waals surface area contributed by atoms with E-state index >= 15 is 0 Å². The van der Waals surface area contributed by atoms with E-state index in [1.54, 1.807) is 43.1 Å². The number of anilines is 1. The van der Waals surface area contributed by atoms with Crippen molar-refractivity contribution in [2.45, 2.75) is 25.4 Å². The fraction of sp³-hybridized carbons (Fsp3) is 0.500. The quantitative estimate of drug-likeness (QED) is 0.735. The number of imide groups is 1. The van der Waals surface area contributed by atoms with E-state index in [0.29, 0.717) is 17.1 Å². The fourth-order valence-electron chi connectivity index (χ4n) is 3.25. The number of sulfone groups is 1. The molecule has 0 N–H and O–H groups in total. The van der Waals surface area contributed by atoms with E-state index in [-0.39, 0.29) is 30.1 Å². The van der Waals surface area contributed by atoms with Gasteiger partial charge in [-0.05, 0) is 44.7 Å². The maximum Gasteiger partial charge on any atom is 0.333 e. The Morgan fingerprint density at radius 2 is 1.88 bits per heavy atom. The third-order valence-electron chi connectivity index (χ3n) is 4.75. The zero-order valence-electron chi connectivity index (χ0n) is 14.1. The van der Waals surface area contributed by atoms with Crippen LogP contribution < -0.4 is 4.90 Å². The largest absolute Gasteiger partial charge is 0.333 e. The summed E-state index contributed by atoms with van der Waals surface area (Å²) in [5.74, 6) is -0.0828. The second-order valence-corrected chi connectivity index (χ2v) is 9.19. The molecular formula is C16H20ClN3O4S. The summed E-state index contributed by atoms with van der Waals surface area (Å²) in [7, 11) is -1.28. The maximum atomic E-state index is 12.7. The zero-order chi connectivity index (χ0) is 18.4. The Morgan fingerprint density at radius 1 is 1.24 bits per heavy atom. The Morgan fingerprint density at radius 3 is 2.44 bits per heavy atom. The van der Waals surface area contributed by atoms with E-state index < -0.39 is 21.9 Å². The number of benzene rings is 1. The van der Waals surface area contributed by atoms with Crippen LogP contribution >= 0.6 is 11.6 Å². The maximum absolute atomic E-state index is 12.7. The third-order valence-corrected chi connectivity index (χ3v) is 6.75. The van der Waals surface area contributed by atoms with Gasteiger partial charge in [-0.25, -0.2) is 18.1 Å². The van der Waals surface area contributed by atoms with Gasteiger partial charge in [-0.15, -0.1) is 0 Å². The summed E-state index contributed by atoms with van der Waals surface area (Å²) in [6.45, 7) is 1.75. The summed E-state index contributed by atoms with van der Waals surface area (Å²) in [5, 5.41) is 0.549. The van der Waals surface area contributed by atoms with E-state index in [2.05, 4.69) is 0 Å². The van der Waals surface area contributed by atoms with Gasteiger partial charge in [0.1, 0.15) is 6.04 Å². The summed E-state index contributed by atoms with van der Waals surface area (Å²) >= 11 is 5.88. The molecule has 136 valence electrons. The number of nitrogens with zero attached hydrogens (tertiary/aromatic N) is 3. The lowest BCUT2D eigenvalue weighted by Gasteiger charge is -2.27. The van der Waals surface area contributed by atoms with Crippen LogP contribution in [-0.2, 0) is 14.6 Å². The molecule has 0 unspecified atom stereocenters. The van der Waals surface area contributed by atoms with E-state index in [1.807, 2.05) is 0 Å². The Hall–Kier alpha value is -1.64. The van der Waals surface area contributed by atoms with Crippen LogP contribution in [0.4, 0.5) is 10.5 Å². The van der Waals surface area contributed by atoms with Crippen LogP contribution in [0.1, 0.15) is 13.3 Å². The highest BCUT2D eigenvalue weighted by Crippen LogP contribution is 2.27. The molecule has 0 aliphatic carbocycles. The number of halogens is 1. The summed E-state index contributed by atoms with van der Waals surface area (Å²) in [5.41, 5.74) is 0.601. The monoisotopic (exact) mass is 385 g/mol. The fourth-order valence-corrected chi connectivity index (χ4v) is 5.18. The molecule has 9 heteroatoms. The van der Waals surface area contributed by atoms with E-state index in [9.17, 15) is 18.0 Å². The van der Waals surface area contributed by atoms with Crippen LogP contribution in [0.3, 0.4) is 0 Å². The van der Waals surface area contributed by atoms with Crippen molar-refractivity contribution in [1.82, 2.24) is 9.80 Å². The highest BCUT2D eigenvalue weighted by molar-refractivity contribution is 7.91. The minimum atomic E-state index is -3.02. The second-order valence-electron chi connectivity index (χ2n) is 6.53. The first-order valence-electron chi connectivity index (χ1n) is 8.00. The molecule has 0 spiro atoms. The number of urea groups is 1. The zero-order valence-corrected chi connectivity index (χ0v) is 15.6. The molecule has 1 aromatic rings. The third kappa shape index (κ3) is 3.51. The SMILES string of the molecule is C[C@@H]1C(=O)N(CN(C)[C@@H]2CCS(=O)(=O)C2)C(=O)N1c1ccc(Cl)cc1. The minimum absolute atomic E-state index is 0.0656. The van der Waals surface area contributed by atoms with Crippen molar-refractivity contribution < 1.29 is 18.0 Å². The van der Waals surface area contributed by atoms with E-state index in [1.165, 1.54) is 9.80 Å². The molecule has 2 atom stereocenters. The standard InChI is InChI=1S/C16H20ClN3O4S/c1-11-15(21)19(10-18(2)14-7-8-25(23,24)9-14)16(22)20(11)13-5-3-12(17)4-6-13/h3-6,11,14H,7-10H2,1-2H3/t11-,14-/m1/s1. The van der Waals surface area contributed by atoms with Gasteiger partial charge >= 0.3 is 6.03 Å². The molecule has 0 bridgehead atoms. The molecule has 3 amide bonds. The van der Waals surface area contributed by atoms with Gasteiger partial charge in [-0.2, -0.15) is 0 Å². The highest BCUT2D eigenvalue weighted by Gasteiger charge is 2.44. The van der Waals surface area contributed by atoms with Gasteiger partial charge in [0.05, 0.1) is 18.2 Å². The van der Waals surface area contributed by atoms with E-state index in [0.717, 1.165) is 0 Å². The Balaban J connectivity index is 1.75. The Bertz CT molecular complexity index is 796. The van der Waals surface area contributed by atoms with Gasteiger partial charge < -0.3 is 0 Å². The molecule has 2 aliphatic rings. The normalized spacial score (nSPS) is 26.1. The number of carbonyl (C=O) groups excluding carboxylic acids is 2. The van der Waals surface area contributed by atoms with Gasteiger partial charge in [0.25, 0.3) is 5.91 Å². The van der Waals surface area contributed by atoms with Gasteiger partial charge in [0, 0.05) is 16.8 Å². The van der Waals surface area contributed by atoms with Crippen molar-refractivity contribution >= 4 is 39.1 Å². The van der Waals surface area contributed by atoms with Gasteiger partial charge in [0.2, 0.25) is 0 Å². The van der Waals surface area contributed by atoms with Crippen LogP contribution in [-0.4, -0.2) is 67.5 Å². The number of carbonyl (C=O) groups is 2. The van der Waals surface area contributed by atoms with Crippen LogP contribution in [0.15, 0.2) is 24.3 Å². The lowest BCUT2D eigenvalue weighted by molar-refractivity contribution is -0.128. The first kappa shape index (κ1) is 18.2. The van der Waals surface area contributed by atoms with Crippen LogP contribution in [0, 0.1) is 0 Å². The smallest absolute Gasteiger partial charge is 0.285 e. The number of hydrogen-bond acceptors (Lipinski definition) is 5. The molecule has 25 heavy (non-hydrogen) atoms.